The van der Waals surface area contributed by atoms with Crippen LogP contribution in [-0.2, 0) is 0 Å². The summed E-state index contributed by atoms with van der Waals surface area (Å²) in [4.78, 5) is 33.4. The standard InChI is InChI=1S/C21H21N7O3/c1-31-14-7-8-17-16(13-14)20(30)27-21(26-17)23-10-4-9-22-19(29)15-5-2-3-6-18(15)28-24-11-12-25-28/h2-3,5-8,11-13H,4,9-10H2,1H3,(H,22,29)(H2,23,26,27,30). The molecule has 0 unspecified atom stereocenters. The van der Waals surface area contributed by atoms with Crippen molar-refractivity contribution in [1.29, 1.82) is 0 Å². The van der Waals surface area contributed by atoms with E-state index in [2.05, 4.69) is 30.8 Å². The molecule has 2 heterocycles. The van der Waals surface area contributed by atoms with Crippen LogP contribution in [0.25, 0.3) is 16.6 Å². The van der Waals surface area contributed by atoms with E-state index in [-0.39, 0.29) is 11.5 Å². The van der Waals surface area contributed by atoms with Crippen LogP contribution in [0.3, 0.4) is 0 Å². The van der Waals surface area contributed by atoms with Crippen LogP contribution in [0.1, 0.15) is 16.8 Å². The van der Waals surface area contributed by atoms with Gasteiger partial charge in [0.15, 0.2) is 0 Å². The van der Waals surface area contributed by atoms with Crippen molar-refractivity contribution in [3.8, 4) is 11.4 Å². The fraction of sp³-hybridized carbons (Fsp3) is 0.190. The van der Waals surface area contributed by atoms with Crippen molar-refractivity contribution in [2.24, 2.45) is 0 Å². The van der Waals surface area contributed by atoms with E-state index in [0.29, 0.717) is 53.4 Å². The number of aromatic nitrogens is 5. The fourth-order valence-corrected chi connectivity index (χ4v) is 3.10. The second-order valence-corrected chi connectivity index (χ2v) is 6.67. The predicted molar refractivity (Wildman–Crippen MR) is 116 cm³/mol. The number of amides is 1. The Morgan fingerprint density at radius 1 is 1.13 bits per heavy atom. The Morgan fingerprint density at radius 2 is 1.94 bits per heavy atom. The Morgan fingerprint density at radius 3 is 2.74 bits per heavy atom. The third kappa shape index (κ3) is 4.53. The molecule has 4 rings (SSSR count). The minimum absolute atomic E-state index is 0.209. The van der Waals surface area contributed by atoms with Gasteiger partial charge >= 0.3 is 0 Å². The third-order valence-electron chi connectivity index (χ3n) is 4.63. The van der Waals surface area contributed by atoms with Gasteiger partial charge in [-0.3, -0.25) is 14.6 Å². The molecule has 31 heavy (non-hydrogen) atoms. The summed E-state index contributed by atoms with van der Waals surface area (Å²) >= 11 is 0. The summed E-state index contributed by atoms with van der Waals surface area (Å²) in [5, 5.41) is 14.6. The number of nitrogens with zero attached hydrogens (tertiary/aromatic N) is 4. The zero-order chi connectivity index (χ0) is 21.6. The lowest BCUT2D eigenvalue weighted by atomic mass is 10.1. The Labute approximate surface area is 177 Å². The van der Waals surface area contributed by atoms with E-state index in [1.54, 1.807) is 55.9 Å². The molecule has 2 aromatic carbocycles. The van der Waals surface area contributed by atoms with Crippen molar-refractivity contribution in [1.82, 2.24) is 30.3 Å². The highest BCUT2D eigenvalue weighted by atomic mass is 16.5. The van der Waals surface area contributed by atoms with Gasteiger partial charge in [-0.05, 0) is 36.8 Å². The van der Waals surface area contributed by atoms with Crippen molar-refractivity contribution in [3.05, 3.63) is 70.8 Å². The molecule has 0 atom stereocenters. The molecule has 0 aliphatic carbocycles. The zero-order valence-electron chi connectivity index (χ0n) is 16.8. The fourth-order valence-electron chi connectivity index (χ4n) is 3.10. The molecule has 10 heteroatoms. The molecule has 0 radical (unpaired) electrons. The number of fused-ring (bicyclic) bond motifs is 1. The average Bonchev–Trinajstić information content (AvgIpc) is 3.33. The molecule has 0 aliphatic heterocycles. The monoisotopic (exact) mass is 419 g/mol. The summed E-state index contributed by atoms with van der Waals surface area (Å²) in [7, 11) is 1.55. The number of rotatable bonds is 8. The first kappa shape index (κ1) is 20.1. The van der Waals surface area contributed by atoms with Crippen LogP contribution < -0.4 is 20.9 Å². The molecule has 0 aliphatic rings. The van der Waals surface area contributed by atoms with Crippen molar-refractivity contribution >= 4 is 22.8 Å². The molecule has 3 N–H and O–H groups in total. The number of carbonyl (C=O) groups is 1. The Bertz CT molecular complexity index is 1250. The summed E-state index contributed by atoms with van der Waals surface area (Å²) in [5.41, 5.74) is 1.42. The lowest BCUT2D eigenvalue weighted by Crippen LogP contribution is -2.27. The van der Waals surface area contributed by atoms with Crippen LogP contribution in [0.15, 0.2) is 59.7 Å². The van der Waals surface area contributed by atoms with E-state index in [1.807, 2.05) is 6.07 Å². The summed E-state index contributed by atoms with van der Waals surface area (Å²) in [6.45, 7) is 0.967. The maximum absolute atomic E-state index is 12.6. The highest BCUT2D eigenvalue weighted by Gasteiger charge is 2.12. The molecule has 0 fully saturated rings. The normalized spacial score (nSPS) is 10.7. The minimum Gasteiger partial charge on any atom is -0.497 e. The molecule has 0 saturated carbocycles. The number of para-hydroxylation sites is 1. The summed E-state index contributed by atoms with van der Waals surface area (Å²) in [5.74, 6) is 0.768. The number of H-pyrrole nitrogens is 1. The number of carbonyl (C=O) groups excluding carboxylic acids is 1. The SMILES string of the molecule is COc1ccc2nc(NCCCNC(=O)c3ccccc3-n3nccn3)[nH]c(=O)c2c1. The first-order valence-electron chi connectivity index (χ1n) is 9.71. The lowest BCUT2D eigenvalue weighted by molar-refractivity contribution is 0.0953. The smallest absolute Gasteiger partial charge is 0.260 e. The Balaban J connectivity index is 1.32. The van der Waals surface area contributed by atoms with E-state index in [1.165, 1.54) is 4.80 Å². The molecule has 0 spiro atoms. The van der Waals surface area contributed by atoms with Gasteiger partial charge in [-0.15, -0.1) is 0 Å². The number of hydrogen-bond donors (Lipinski definition) is 3. The first-order chi connectivity index (χ1) is 15.2. The molecule has 0 bridgehead atoms. The number of aromatic amines is 1. The molecule has 4 aromatic rings. The van der Waals surface area contributed by atoms with Gasteiger partial charge in [0.05, 0.1) is 41.7 Å². The number of anilines is 1. The van der Waals surface area contributed by atoms with Gasteiger partial charge in [-0.2, -0.15) is 15.0 Å². The average molecular weight is 419 g/mol. The molecular weight excluding hydrogens is 398 g/mol. The molecule has 0 saturated heterocycles. The van der Waals surface area contributed by atoms with E-state index in [4.69, 9.17) is 4.74 Å². The molecule has 10 nitrogen and oxygen atoms in total. The van der Waals surface area contributed by atoms with Crippen LogP contribution in [0, 0.1) is 0 Å². The lowest BCUT2D eigenvalue weighted by Gasteiger charge is -2.10. The minimum atomic E-state index is -0.247. The number of methoxy groups -OCH3 is 1. The van der Waals surface area contributed by atoms with Crippen molar-refractivity contribution in [2.45, 2.75) is 6.42 Å². The number of ether oxygens (including phenoxy) is 1. The maximum atomic E-state index is 12.6. The highest BCUT2D eigenvalue weighted by Crippen LogP contribution is 2.17. The number of benzene rings is 2. The van der Waals surface area contributed by atoms with Gasteiger partial charge in [0.1, 0.15) is 5.75 Å². The highest BCUT2D eigenvalue weighted by molar-refractivity contribution is 5.97. The zero-order valence-corrected chi connectivity index (χ0v) is 16.8. The predicted octanol–water partition coefficient (Wildman–Crippen LogP) is 1.74. The second kappa shape index (κ2) is 9.08. The van der Waals surface area contributed by atoms with Gasteiger partial charge < -0.3 is 15.4 Å². The van der Waals surface area contributed by atoms with Crippen LogP contribution in [-0.4, -0.2) is 51.1 Å². The van der Waals surface area contributed by atoms with Crippen molar-refractivity contribution in [2.75, 3.05) is 25.5 Å². The molecule has 1 amide bonds. The molecule has 2 aromatic heterocycles. The Hall–Kier alpha value is -4.21. The largest absolute Gasteiger partial charge is 0.497 e. The summed E-state index contributed by atoms with van der Waals surface area (Å²) < 4.78 is 5.14. The van der Waals surface area contributed by atoms with Gasteiger partial charge in [0.25, 0.3) is 11.5 Å². The number of nitrogens with one attached hydrogen (secondary N) is 3. The van der Waals surface area contributed by atoms with E-state index < -0.39 is 0 Å². The van der Waals surface area contributed by atoms with Gasteiger partial charge in [-0.25, -0.2) is 4.98 Å². The van der Waals surface area contributed by atoms with E-state index in [9.17, 15) is 9.59 Å². The third-order valence-corrected chi connectivity index (χ3v) is 4.63. The topological polar surface area (TPSA) is 127 Å². The van der Waals surface area contributed by atoms with E-state index >= 15 is 0 Å². The summed E-state index contributed by atoms with van der Waals surface area (Å²) in [6, 6.07) is 12.3. The number of hydrogen-bond acceptors (Lipinski definition) is 7. The van der Waals surface area contributed by atoms with Crippen LogP contribution in [0.5, 0.6) is 5.75 Å². The van der Waals surface area contributed by atoms with Crippen molar-refractivity contribution in [3.63, 3.8) is 0 Å². The van der Waals surface area contributed by atoms with Gasteiger partial charge in [0, 0.05) is 13.1 Å². The molecular formula is C21H21N7O3. The van der Waals surface area contributed by atoms with Crippen LogP contribution in [0.2, 0.25) is 0 Å². The van der Waals surface area contributed by atoms with E-state index in [0.717, 1.165) is 0 Å². The van der Waals surface area contributed by atoms with Crippen LogP contribution >= 0.6 is 0 Å². The quantitative estimate of drug-likeness (QED) is 0.371. The van der Waals surface area contributed by atoms with Crippen LogP contribution in [0.4, 0.5) is 5.95 Å². The second-order valence-electron chi connectivity index (χ2n) is 6.67. The summed E-state index contributed by atoms with van der Waals surface area (Å²) in [6.07, 6.45) is 3.75. The Kier molecular flexibility index (Phi) is 5.88. The van der Waals surface area contributed by atoms with Crippen molar-refractivity contribution < 1.29 is 9.53 Å². The maximum Gasteiger partial charge on any atom is 0.260 e. The first-order valence-corrected chi connectivity index (χ1v) is 9.71. The molecule has 158 valence electrons. The van der Waals surface area contributed by atoms with Gasteiger partial charge in [-0.1, -0.05) is 12.1 Å². The van der Waals surface area contributed by atoms with Gasteiger partial charge in [0.2, 0.25) is 5.95 Å².